The molecule has 0 aliphatic carbocycles. The Balaban J connectivity index is 0.00000192. The standard InChI is InChI=1S/C17H23ClN4.ClH/c1-17(2)12-21(8-7-16(17)19)10-13-9-20-22(11-13)15-5-3-14(18)4-6-15;/h3-6,9,11,16H,7-8,10,12,19H2,1-2H3;1H. The molecule has 1 saturated heterocycles. The first kappa shape index (κ1) is 18.3. The molecular formula is C17H24Cl2N4. The summed E-state index contributed by atoms with van der Waals surface area (Å²) in [5.74, 6) is 0. The second-order valence-corrected chi connectivity index (χ2v) is 7.30. The average molecular weight is 355 g/mol. The zero-order chi connectivity index (χ0) is 15.7. The van der Waals surface area contributed by atoms with Crippen molar-refractivity contribution in [1.82, 2.24) is 14.7 Å². The van der Waals surface area contributed by atoms with Crippen LogP contribution < -0.4 is 5.73 Å². The zero-order valence-electron chi connectivity index (χ0n) is 13.6. The van der Waals surface area contributed by atoms with Gasteiger partial charge in [0.25, 0.3) is 0 Å². The maximum atomic E-state index is 6.21. The van der Waals surface area contributed by atoms with Gasteiger partial charge in [-0.1, -0.05) is 25.4 Å². The van der Waals surface area contributed by atoms with E-state index >= 15 is 0 Å². The normalized spacial score (nSPS) is 21.0. The summed E-state index contributed by atoms with van der Waals surface area (Å²) in [6.07, 6.45) is 5.08. The Morgan fingerprint density at radius 1 is 1.30 bits per heavy atom. The first-order valence-electron chi connectivity index (χ1n) is 7.71. The third-order valence-corrected chi connectivity index (χ3v) is 4.78. The number of hydrogen-bond donors (Lipinski definition) is 1. The Morgan fingerprint density at radius 3 is 2.65 bits per heavy atom. The van der Waals surface area contributed by atoms with Crippen molar-refractivity contribution in [2.24, 2.45) is 11.1 Å². The lowest BCUT2D eigenvalue weighted by molar-refractivity contribution is 0.0899. The highest BCUT2D eigenvalue weighted by molar-refractivity contribution is 6.30. The van der Waals surface area contributed by atoms with Crippen molar-refractivity contribution >= 4 is 24.0 Å². The van der Waals surface area contributed by atoms with Crippen LogP contribution in [-0.2, 0) is 6.54 Å². The van der Waals surface area contributed by atoms with Crippen LogP contribution in [0.1, 0.15) is 25.8 Å². The third kappa shape index (κ3) is 4.27. The van der Waals surface area contributed by atoms with Crippen LogP contribution in [0.4, 0.5) is 0 Å². The second kappa shape index (κ2) is 7.22. The fourth-order valence-corrected chi connectivity index (χ4v) is 3.18. The second-order valence-electron chi connectivity index (χ2n) is 6.86. The quantitative estimate of drug-likeness (QED) is 0.917. The van der Waals surface area contributed by atoms with Crippen LogP contribution in [0.3, 0.4) is 0 Å². The summed E-state index contributed by atoms with van der Waals surface area (Å²) in [6.45, 7) is 7.50. The number of aromatic nitrogens is 2. The van der Waals surface area contributed by atoms with E-state index in [-0.39, 0.29) is 17.8 Å². The van der Waals surface area contributed by atoms with E-state index in [1.165, 1.54) is 5.56 Å². The van der Waals surface area contributed by atoms with Crippen molar-refractivity contribution in [3.63, 3.8) is 0 Å². The molecule has 4 nitrogen and oxygen atoms in total. The van der Waals surface area contributed by atoms with Crippen LogP contribution in [0.5, 0.6) is 0 Å². The number of nitrogens with zero attached hydrogens (tertiary/aromatic N) is 3. The summed E-state index contributed by atoms with van der Waals surface area (Å²) < 4.78 is 1.90. The SMILES string of the molecule is CC1(C)CN(Cc2cnn(-c3ccc(Cl)cc3)c2)CCC1N.Cl. The van der Waals surface area contributed by atoms with E-state index in [0.717, 1.165) is 36.8 Å². The van der Waals surface area contributed by atoms with Crippen LogP contribution >= 0.6 is 24.0 Å². The van der Waals surface area contributed by atoms with E-state index in [2.05, 4.69) is 30.0 Å². The number of benzene rings is 1. The fourth-order valence-electron chi connectivity index (χ4n) is 3.05. The first-order chi connectivity index (χ1) is 10.4. The van der Waals surface area contributed by atoms with Gasteiger partial charge in [-0.05, 0) is 36.1 Å². The molecule has 1 aliphatic heterocycles. The van der Waals surface area contributed by atoms with Crippen molar-refractivity contribution in [3.8, 4) is 5.69 Å². The van der Waals surface area contributed by atoms with E-state index in [1.807, 2.05) is 35.1 Å². The molecule has 1 fully saturated rings. The minimum Gasteiger partial charge on any atom is -0.327 e. The number of hydrogen-bond acceptors (Lipinski definition) is 3. The summed E-state index contributed by atoms with van der Waals surface area (Å²) in [6, 6.07) is 8.00. The van der Waals surface area contributed by atoms with Crippen LogP contribution in [-0.4, -0.2) is 33.8 Å². The molecule has 2 aromatic rings. The van der Waals surface area contributed by atoms with E-state index < -0.39 is 0 Å². The average Bonchev–Trinajstić information content (AvgIpc) is 2.92. The Bertz CT molecular complexity index is 636. The van der Waals surface area contributed by atoms with E-state index in [4.69, 9.17) is 17.3 Å². The van der Waals surface area contributed by atoms with Crippen molar-refractivity contribution in [2.75, 3.05) is 13.1 Å². The molecule has 0 radical (unpaired) electrons. The fraction of sp³-hybridized carbons (Fsp3) is 0.471. The highest BCUT2D eigenvalue weighted by Gasteiger charge is 2.33. The number of piperidine rings is 1. The summed E-state index contributed by atoms with van der Waals surface area (Å²) >= 11 is 5.93. The molecule has 0 amide bonds. The minimum atomic E-state index is 0. The predicted octanol–water partition coefficient (Wildman–Crippen LogP) is 3.51. The van der Waals surface area contributed by atoms with Gasteiger partial charge < -0.3 is 5.73 Å². The smallest absolute Gasteiger partial charge is 0.0646 e. The van der Waals surface area contributed by atoms with Gasteiger partial charge in [0.1, 0.15) is 0 Å². The predicted molar refractivity (Wildman–Crippen MR) is 97.5 cm³/mol. The molecule has 6 heteroatoms. The van der Waals surface area contributed by atoms with Crippen LogP contribution in [0.25, 0.3) is 5.69 Å². The molecule has 23 heavy (non-hydrogen) atoms. The van der Waals surface area contributed by atoms with Crippen molar-refractivity contribution in [2.45, 2.75) is 32.9 Å². The van der Waals surface area contributed by atoms with Gasteiger partial charge in [0, 0.05) is 42.5 Å². The molecule has 1 aromatic heterocycles. The molecule has 0 spiro atoms. The van der Waals surface area contributed by atoms with E-state index in [9.17, 15) is 0 Å². The lowest BCUT2D eigenvalue weighted by atomic mass is 9.79. The molecule has 0 bridgehead atoms. The topological polar surface area (TPSA) is 47.1 Å². The number of rotatable bonds is 3. The maximum Gasteiger partial charge on any atom is 0.0646 e. The van der Waals surface area contributed by atoms with Gasteiger partial charge in [0.05, 0.1) is 11.9 Å². The molecule has 0 saturated carbocycles. The van der Waals surface area contributed by atoms with Gasteiger partial charge in [0.2, 0.25) is 0 Å². The third-order valence-electron chi connectivity index (χ3n) is 4.52. The van der Waals surface area contributed by atoms with Gasteiger partial charge in [-0.15, -0.1) is 12.4 Å². The summed E-state index contributed by atoms with van der Waals surface area (Å²) in [4.78, 5) is 2.46. The van der Waals surface area contributed by atoms with Gasteiger partial charge in [-0.3, -0.25) is 4.90 Å². The first-order valence-corrected chi connectivity index (χ1v) is 8.09. The monoisotopic (exact) mass is 354 g/mol. The Kier molecular flexibility index (Phi) is 5.74. The van der Waals surface area contributed by atoms with Crippen LogP contribution in [0.15, 0.2) is 36.7 Å². The van der Waals surface area contributed by atoms with Crippen molar-refractivity contribution in [1.29, 1.82) is 0 Å². The molecule has 1 unspecified atom stereocenters. The number of halogens is 2. The molecule has 2 N–H and O–H groups in total. The summed E-state index contributed by atoms with van der Waals surface area (Å²) in [5, 5.41) is 5.19. The van der Waals surface area contributed by atoms with Gasteiger partial charge in [-0.25, -0.2) is 4.68 Å². The highest BCUT2D eigenvalue weighted by Crippen LogP contribution is 2.28. The van der Waals surface area contributed by atoms with Crippen LogP contribution in [0.2, 0.25) is 5.02 Å². The highest BCUT2D eigenvalue weighted by atomic mass is 35.5. The van der Waals surface area contributed by atoms with Gasteiger partial charge >= 0.3 is 0 Å². The Hall–Kier alpha value is -1.07. The molecular weight excluding hydrogens is 331 g/mol. The number of nitrogens with two attached hydrogens (primary N) is 1. The Morgan fingerprint density at radius 2 is 2.00 bits per heavy atom. The Labute approximate surface area is 149 Å². The van der Waals surface area contributed by atoms with E-state index in [0.29, 0.717) is 6.04 Å². The molecule has 1 aromatic carbocycles. The molecule has 1 aliphatic rings. The van der Waals surface area contributed by atoms with Gasteiger partial charge in [0.15, 0.2) is 0 Å². The maximum absolute atomic E-state index is 6.21. The summed E-state index contributed by atoms with van der Waals surface area (Å²) in [5.41, 5.74) is 8.63. The summed E-state index contributed by atoms with van der Waals surface area (Å²) in [7, 11) is 0. The van der Waals surface area contributed by atoms with Gasteiger partial charge in [-0.2, -0.15) is 5.10 Å². The molecule has 1 atom stereocenters. The lowest BCUT2D eigenvalue weighted by Gasteiger charge is -2.42. The van der Waals surface area contributed by atoms with Crippen molar-refractivity contribution < 1.29 is 0 Å². The number of likely N-dealkylation sites (tertiary alicyclic amines) is 1. The molecule has 2 heterocycles. The minimum absolute atomic E-state index is 0. The zero-order valence-corrected chi connectivity index (χ0v) is 15.1. The van der Waals surface area contributed by atoms with Crippen LogP contribution in [0, 0.1) is 5.41 Å². The largest absolute Gasteiger partial charge is 0.327 e. The van der Waals surface area contributed by atoms with E-state index in [1.54, 1.807) is 0 Å². The van der Waals surface area contributed by atoms with Crippen molar-refractivity contribution in [3.05, 3.63) is 47.2 Å². The molecule has 3 rings (SSSR count). The molecule has 126 valence electrons. The lowest BCUT2D eigenvalue weighted by Crippen LogP contribution is -2.51.